The normalized spacial score (nSPS) is 11.4. The molecule has 0 saturated carbocycles. The summed E-state index contributed by atoms with van der Waals surface area (Å²) in [5.41, 5.74) is 0.840. The Balaban J connectivity index is 1.47. The number of alkyl halides is 2. The predicted molar refractivity (Wildman–Crippen MR) is 132 cm³/mol. The number of rotatable bonds is 6. The van der Waals surface area contributed by atoms with E-state index in [4.69, 9.17) is 11.6 Å². The maximum atomic E-state index is 13.8. The Labute approximate surface area is 215 Å². The van der Waals surface area contributed by atoms with E-state index in [1.165, 1.54) is 24.3 Å². The number of amides is 1. The summed E-state index contributed by atoms with van der Waals surface area (Å²) < 4.78 is 44.0. The number of carbonyl (C=O) groups excluding carboxylic acids is 1. The van der Waals surface area contributed by atoms with Crippen molar-refractivity contribution in [2.45, 2.75) is 13.0 Å². The molecule has 3 aromatic heterocycles. The van der Waals surface area contributed by atoms with Crippen LogP contribution in [0.5, 0.6) is 0 Å². The second kappa shape index (κ2) is 9.75. The molecule has 2 aromatic carbocycles. The van der Waals surface area contributed by atoms with E-state index in [-0.39, 0.29) is 22.7 Å². The molecule has 36 heavy (non-hydrogen) atoms. The van der Waals surface area contributed by atoms with Crippen molar-refractivity contribution in [3.05, 3.63) is 99.1 Å². The van der Waals surface area contributed by atoms with Crippen LogP contribution in [0.1, 0.15) is 28.0 Å². The minimum Gasteiger partial charge on any atom is -0.304 e. The van der Waals surface area contributed by atoms with Gasteiger partial charge >= 0.3 is 0 Å². The molecule has 0 aliphatic heterocycles. The first-order chi connectivity index (χ1) is 17.3. The Morgan fingerprint density at radius 3 is 2.61 bits per heavy atom. The van der Waals surface area contributed by atoms with Crippen molar-refractivity contribution in [2.24, 2.45) is 0 Å². The maximum absolute atomic E-state index is 13.8. The van der Waals surface area contributed by atoms with Gasteiger partial charge in [0.25, 0.3) is 12.3 Å². The van der Waals surface area contributed by atoms with Gasteiger partial charge in [0.1, 0.15) is 17.1 Å². The first kappa shape index (κ1) is 24.0. The van der Waals surface area contributed by atoms with Crippen molar-refractivity contribution < 1.29 is 18.0 Å². The van der Waals surface area contributed by atoms with Gasteiger partial charge in [-0.05, 0) is 57.9 Å². The van der Waals surface area contributed by atoms with Crippen LogP contribution in [-0.4, -0.2) is 30.3 Å². The van der Waals surface area contributed by atoms with Crippen LogP contribution >= 0.6 is 27.5 Å². The van der Waals surface area contributed by atoms with Crippen molar-refractivity contribution in [3.8, 4) is 11.3 Å². The molecule has 5 aromatic rings. The lowest BCUT2D eigenvalue weighted by molar-refractivity contribution is 0.102. The van der Waals surface area contributed by atoms with Crippen LogP contribution in [0, 0.1) is 5.82 Å². The van der Waals surface area contributed by atoms with Crippen LogP contribution in [0.3, 0.4) is 0 Å². The number of aromatic nitrogens is 5. The van der Waals surface area contributed by atoms with Gasteiger partial charge in [-0.3, -0.25) is 9.48 Å². The van der Waals surface area contributed by atoms with Crippen molar-refractivity contribution in [1.29, 1.82) is 0 Å². The van der Waals surface area contributed by atoms with Gasteiger partial charge in [0.15, 0.2) is 11.5 Å². The molecule has 0 atom stereocenters. The molecule has 12 heteroatoms. The summed E-state index contributed by atoms with van der Waals surface area (Å²) in [5, 5.41) is 11.6. The Morgan fingerprint density at radius 2 is 1.89 bits per heavy atom. The third-order valence-corrected chi connectivity index (χ3v) is 6.30. The van der Waals surface area contributed by atoms with Gasteiger partial charge in [-0.2, -0.15) is 10.2 Å². The molecule has 0 aliphatic rings. The third kappa shape index (κ3) is 4.71. The zero-order chi connectivity index (χ0) is 25.4. The standard InChI is InChI=1S/C24H15BrClF3N6O/c25-17-12-34(11-14-3-1-2-4-18(14)26)33-22(17)32-24(36)16-10-30-35-20(21(28)29)9-19(31-23(16)35)13-5-7-15(27)8-6-13/h1-10,12,21H,11H2,(H,32,33,36). The smallest absolute Gasteiger partial charge is 0.280 e. The molecule has 7 nitrogen and oxygen atoms in total. The number of halogens is 5. The minimum absolute atomic E-state index is 0.0339. The van der Waals surface area contributed by atoms with Crippen molar-refractivity contribution in [3.63, 3.8) is 0 Å². The monoisotopic (exact) mass is 574 g/mol. The fourth-order valence-corrected chi connectivity index (χ4v) is 4.22. The maximum Gasteiger partial charge on any atom is 0.280 e. The first-order valence-electron chi connectivity index (χ1n) is 10.5. The molecule has 0 saturated heterocycles. The molecular weight excluding hydrogens is 561 g/mol. The zero-order valence-corrected chi connectivity index (χ0v) is 20.5. The van der Waals surface area contributed by atoms with Gasteiger partial charge in [-0.1, -0.05) is 29.8 Å². The van der Waals surface area contributed by atoms with Crippen LogP contribution in [0.15, 0.2) is 71.5 Å². The highest BCUT2D eigenvalue weighted by Crippen LogP contribution is 2.28. The van der Waals surface area contributed by atoms with E-state index in [0.29, 0.717) is 21.6 Å². The number of carbonyl (C=O) groups is 1. The number of nitrogens with zero attached hydrogens (tertiary/aromatic N) is 5. The summed E-state index contributed by atoms with van der Waals surface area (Å²) in [4.78, 5) is 17.5. The van der Waals surface area contributed by atoms with E-state index in [1.807, 2.05) is 18.2 Å². The van der Waals surface area contributed by atoms with Crippen LogP contribution in [-0.2, 0) is 6.54 Å². The van der Waals surface area contributed by atoms with Crippen molar-refractivity contribution >= 4 is 44.9 Å². The Morgan fingerprint density at radius 1 is 1.14 bits per heavy atom. The lowest BCUT2D eigenvalue weighted by atomic mass is 10.1. The van der Waals surface area contributed by atoms with Gasteiger partial charge in [-0.15, -0.1) is 0 Å². The molecular formula is C24H15BrClF3N6O. The summed E-state index contributed by atoms with van der Waals surface area (Å²) in [5.74, 6) is -0.897. The fraction of sp³-hybridized carbons (Fsp3) is 0.0833. The van der Waals surface area contributed by atoms with E-state index < -0.39 is 23.8 Å². The lowest BCUT2D eigenvalue weighted by Gasteiger charge is -2.08. The number of benzene rings is 2. The highest BCUT2D eigenvalue weighted by Gasteiger charge is 2.23. The quantitative estimate of drug-likeness (QED) is 0.255. The molecule has 0 fully saturated rings. The van der Waals surface area contributed by atoms with Gasteiger partial charge in [-0.25, -0.2) is 22.7 Å². The van der Waals surface area contributed by atoms with E-state index in [1.54, 1.807) is 16.9 Å². The summed E-state index contributed by atoms with van der Waals surface area (Å²) in [6.07, 6.45) is -0.0540. The zero-order valence-electron chi connectivity index (χ0n) is 18.2. The Kier molecular flexibility index (Phi) is 6.50. The molecule has 0 bridgehead atoms. The minimum atomic E-state index is -2.89. The first-order valence-corrected chi connectivity index (χ1v) is 11.7. The lowest BCUT2D eigenvalue weighted by Crippen LogP contribution is -2.14. The van der Waals surface area contributed by atoms with Crippen molar-refractivity contribution in [1.82, 2.24) is 24.4 Å². The Bertz CT molecular complexity index is 1590. The number of hydrogen-bond acceptors (Lipinski definition) is 4. The van der Waals surface area contributed by atoms with E-state index in [2.05, 4.69) is 36.4 Å². The fourth-order valence-electron chi connectivity index (χ4n) is 3.61. The number of anilines is 1. The molecule has 0 unspecified atom stereocenters. The largest absolute Gasteiger partial charge is 0.304 e. The second-order valence-electron chi connectivity index (χ2n) is 7.74. The summed E-state index contributed by atoms with van der Waals surface area (Å²) in [6, 6.07) is 13.7. The van der Waals surface area contributed by atoms with Crippen LogP contribution < -0.4 is 5.32 Å². The highest BCUT2D eigenvalue weighted by atomic mass is 79.9. The molecule has 0 aliphatic carbocycles. The molecule has 1 N–H and O–H groups in total. The van der Waals surface area contributed by atoms with E-state index >= 15 is 0 Å². The summed E-state index contributed by atoms with van der Waals surface area (Å²) >= 11 is 9.59. The van der Waals surface area contributed by atoms with Crippen LogP contribution in [0.25, 0.3) is 16.9 Å². The number of fused-ring (bicyclic) bond motifs is 1. The molecule has 0 spiro atoms. The SMILES string of the molecule is O=C(Nc1nn(Cc2ccccc2Cl)cc1Br)c1cnn2c(C(F)F)cc(-c3ccc(F)cc3)nc12. The topological polar surface area (TPSA) is 77.1 Å². The molecule has 5 rings (SSSR count). The molecule has 182 valence electrons. The molecule has 1 amide bonds. The van der Waals surface area contributed by atoms with E-state index in [0.717, 1.165) is 22.3 Å². The van der Waals surface area contributed by atoms with Crippen LogP contribution in [0.4, 0.5) is 19.0 Å². The second-order valence-corrected chi connectivity index (χ2v) is 9.00. The average molecular weight is 576 g/mol. The van der Waals surface area contributed by atoms with Crippen LogP contribution in [0.2, 0.25) is 5.02 Å². The van der Waals surface area contributed by atoms with Gasteiger partial charge in [0.05, 0.1) is 22.9 Å². The number of hydrogen-bond donors (Lipinski definition) is 1. The van der Waals surface area contributed by atoms with Gasteiger partial charge in [0, 0.05) is 16.8 Å². The van der Waals surface area contributed by atoms with Gasteiger partial charge in [0.2, 0.25) is 0 Å². The summed E-state index contributed by atoms with van der Waals surface area (Å²) in [6.45, 7) is 0.366. The third-order valence-electron chi connectivity index (χ3n) is 5.35. The molecule has 3 heterocycles. The summed E-state index contributed by atoms with van der Waals surface area (Å²) in [7, 11) is 0. The Hall–Kier alpha value is -3.70. The molecule has 0 radical (unpaired) electrons. The number of nitrogens with one attached hydrogen (secondary N) is 1. The van der Waals surface area contributed by atoms with Gasteiger partial charge < -0.3 is 5.32 Å². The van der Waals surface area contributed by atoms with E-state index in [9.17, 15) is 18.0 Å². The average Bonchev–Trinajstić information content (AvgIpc) is 3.43. The highest BCUT2D eigenvalue weighted by molar-refractivity contribution is 9.10. The van der Waals surface area contributed by atoms with Crippen molar-refractivity contribution in [2.75, 3.05) is 5.32 Å². The predicted octanol–water partition coefficient (Wildman–Crippen LogP) is 6.39.